The standard InChI is InChI=1S/C16H31NO/c1-3-4-5-8-15(17-2)14-9-12-18-16(13-14)10-6-7-11-16/h14-15,17H,3-13H2,1-2H3. The first-order valence-electron chi connectivity index (χ1n) is 8.11. The van der Waals surface area contributed by atoms with Crippen molar-refractivity contribution < 1.29 is 4.74 Å². The van der Waals surface area contributed by atoms with E-state index >= 15 is 0 Å². The van der Waals surface area contributed by atoms with Crippen LogP contribution in [0.1, 0.15) is 71.1 Å². The normalized spacial score (nSPS) is 28.7. The van der Waals surface area contributed by atoms with Crippen LogP contribution in [-0.4, -0.2) is 25.3 Å². The third-order valence-corrected chi connectivity index (χ3v) is 5.10. The molecule has 1 aliphatic carbocycles. The molecular formula is C16H31NO. The molecule has 2 heteroatoms. The topological polar surface area (TPSA) is 21.3 Å². The fraction of sp³-hybridized carbons (Fsp3) is 1.00. The first-order chi connectivity index (χ1) is 8.79. The van der Waals surface area contributed by atoms with Crippen LogP contribution in [0.25, 0.3) is 0 Å². The first-order valence-corrected chi connectivity index (χ1v) is 8.11. The van der Waals surface area contributed by atoms with E-state index in [2.05, 4.69) is 19.3 Å². The van der Waals surface area contributed by atoms with Crippen LogP contribution >= 0.6 is 0 Å². The molecule has 1 saturated heterocycles. The predicted molar refractivity (Wildman–Crippen MR) is 76.9 cm³/mol. The first kappa shape index (κ1) is 14.3. The van der Waals surface area contributed by atoms with E-state index in [0.717, 1.165) is 18.6 Å². The summed E-state index contributed by atoms with van der Waals surface area (Å²) >= 11 is 0. The van der Waals surface area contributed by atoms with E-state index in [4.69, 9.17) is 4.74 Å². The van der Waals surface area contributed by atoms with Gasteiger partial charge in [0.05, 0.1) is 5.60 Å². The average molecular weight is 253 g/mol. The van der Waals surface area contributed by atoms with E-state index in [0.29, 0.717) is 0 Å². The molecule has 2 rings (SSSR count). The predicted octanol–water partition coefficient (Wildman–Crippen LogP) is 3.89. The van der Waals surface area contributed by atoms with E-state index in [-0.39, 0.29) is 5.60 Å². The Labute approximate surface area is 113 Å². The lowest BCUT2D eigenvalue weighted by Crippen LogP contribution is -2.44. The number of ether oxygens (including phenoxy) is 1. The number of rotatable bonds is 6. The van der Waals surface area contributed by atoms with Crippen LogP contribution in [0, 0.1) is 5.92 Å². The van der Waals surface area contributed by atoms with Gasteiger partial charge in [0.25, 0.3) is 0 Å². The SMILES string of the molecule is CCCCCC(NC)C1CCOC2(CCCC2)C1. The molecular weight excluding hydrogens is 222 g/mol. The van der Waals surface area contributed by atoms with E-state index in [1.54, 1.807) is 0 Å². The molecule has 0 aromatic heterocycles. The Morgan fingerprint density at radius 2 is 2.06 bits per heavy atom. The maximum atomic E-state index is 6.15. The van der Waals surface area contributed by atoms with Gasteiger partial charge in [-0.3, -0.25) is 0 Å². The Kier molecular flexibility index (Phi) is 5.50. The summed E-state index contributed by atoms with van der Waals surface area (Å²) in [6.07, 6.45) is 13.4. The van der Waals surface area contributed by atoms with Crippen molar-refractivity contribution in [3.05, 3.63) is 0 Å². The van der Waals surface area contributed by atoms with Gasteiger partial charge in [0, 0.05) is 12.6 Å². The Morgan fingerprint density at radius 3 is 2.72 bits per heavy atom. The minimum absolute atomic E-state index is 0.281. The summed E-state index contributed by atoms with van der Waals surface area (Å²) in [6.45, 7) is 3.28. The minimum Gasteiger partial charge on any atom is -0.375 e. The molecule has 2 atom stereocenters. The summed E-state index contributed by atoms with van der Waals surface area (Å²) in [4.78, 5) is 0. The second-order valence-corrected chi connectivity index (χ2v) is 6.38. The lowest BCUT2D eigenvalue weighted by atomic mass is 9.79. The van der Waals surface area contributed by atoms with Gasteiger partial charge in [-0.25, -0.2) is 0 Å². The summed E-state index contributed by atoms with van der Waals surface area (Å²) in [5.41, 5.74) is 0.281. The van der Waals surface area contributed by atoms with E-state index < -0.39 is 0 Å². The maximum Gasteiger partial charge on any atom is 0.0685 e. The van der Waals surface area contributed by atoms with Gasteiger partial charge in [0.1, 0.15) is 0 Å². The molecule has 18 heavy (non-hydrogen) atoms. The van der Waals surface area contributed by atoms with Crippen molar-refractivity contribution in [3.8, 4) is 0 Å². The van der Waals surface area contributed by atoms with Crippen molar-refractivity contribution in [1.29, 1.82) is 0 Å². The van der Waals surface area contributed by atoms with Crippen LogP contribution in [-0.2, 0) is 4.74 Å². The Hall–Kier alpha value is -0.0800. The van der Waals surface area contributed by atoms with E-state index in [1.807, 2.05) is 0 Å². The van der Waals surface area contributed by atoms with Crippen LogP contribution in [0.15, 0.2) is 0 Å². The van der Waals surface area contributed by atoms with Crippen molar-refractivity contribution in [2.75, 3.05) is 13.7 Å². The molecule has 0 aromatic carbocycles. The second kappa shape index (κ2) is 6.91. The van der Waals surface area contributed by atoms with Gasteiger partial charge >= 0.3 is 0 Å². The summed E-state index contributed by atoms with van der Waals surface area (Å²) < 4.78 is 6.15. The van der Waals surface area contributed by atoms with Gasteiger partial charge in [0.15, 0.2) is 0 Å². The Bertz CT molecular complexity index is 235. The zero-order valence-corrected chi connectivity index (χ0v) is 12.3. The van der Waals surface area contributed by atoms with Crippen molar-refractivity contribution in [2.45, 2.75) is 82.8 Å². The lowest BCUT2D eigenvalue weighted by molar-refractivity contribution is -0.0980. The summed E-state index contributed by atoms with van der Waals surface area (Å²) in [5.74, 6) is 0.846. The van der Waals surface area contributed by atoms with Gasteiger partial charge < -0.3 is 10.1 Å². The molecule has 1 aliphatic heterocycles. The van der Waals surface area contributed by atoms with Crippen molar-refractivity contribution >= 4 is 0 Å². The van der Waals surface area contributed by atoms with Crippen molar-refractivity contribution in [2.24, 2.45) is 5.92 Å². The zero-order chi connectivity index (χ0) is 12.8. The summed E-state index contributed by atoms with van der Waals surface area (Å²) in [7, 11) is 2.15. The zero-order valence-electron chi connectivity index (χ0n) is 12.3. The lowest BCUT2D eigenvalue weighted by Gasteiger charge is -2.41. The van der Waals surface area contributed by atoms with Gasteiger partial charge in [-0.1, -0.05) is 39.0 Å². The average Bonchev–Trinajstić information content (AvgIpc) is 2.83. The maximum absolute atomic E-state index is 6.15. The Morgan fingerprint density at radius 1 is 1.28 bits per heavy atom. The number of nitrogens with one attached hydrogen (secondary N) is 1. The molecule has 1 saturated carbocycles. The summed E-state index contributed by atoms with van der Waals surface area (Å²) in [5, 5.41) is 3.58. The highest BCUT2D eigenvalue weighted by Gasteiger charge is 2.41. The Balaban J connectivity index is 1.85. The van der Waals surface area contributed by atoms with Crippen LogP contribution < -0.4 is 5.32 Å². The number of unbranched alkanes of at least 4 members (excludes halogenated alkanes) is 2. The van der Waals surface area contributed by atoms with Gasteiger partial charge in [-0.15, -0.1) is 0 Å². The van der Waals surface area contributed by atoms with Gasteiger partial charge in [-0.2, -0.15) is 0 Å². The second-order valence-electron chi connectivity index (χ2n) is 6.38. The molecule has 0 bridgehead atoms. The molecule has 106 valence electrons. The van der Waals surface area contributed by atoms with Gasteiger partial charge in [0.2, 0.25) is 0 Å². The molecule has 2 unspecified atom stereocenters. The van der Waals surface area contributed by atoms with Gasteiger partial charge in [-0.05, 0) is 45.1 Å². The van der Waals surface area contributed by atoms with Crippen molar-refractivity contribution in [3.63, 3.8) is 0 Å². The van der Waals surface area contributed by atoms with Crippen LogP contribution in [0.5, 0.6) is 0 Å². The summed E-state index contributed by atoms with van der Waals surface area (Å²) in [6, 6.07) is 0.720. The molecule has 0 radical (unpaired) electrons. The fourth-order valence-corrected chi connectivity index (χ4v) is 4.01. The molecule has 2 aliphatic rings. The molecule has 2 nitrogen and oxygen atoms in total. The highest BCUT2D eigenvalue weighted by Crippen LogP contribution is 2.43. The minimum atomic E-state index is 0.281. The molecule has 1 spiro atoms. The molecule has 1 N–H and O–H groups in total. The third-order valence-electron chi connectivity index (χ3n) is 5.10. The highest BCUT2D eigenvalue weighted by molar-refractivity contribution is 4.94. The molecule has 1 heterocycles. The largest absolute Gasteiger partial charge is 0.375 e. The van der Waals surface area contributed by atoms with Crippen LogP contribution in [0.4, 0.5) is 0 Å². The monoisotopic (exact) mass is 253 g/mol. The number of hydrogen-bond donors (Lipinski definition) is 1. The quantitative estimate of drug-likeness (QED) is 0.725. The smallest absolute Gasteiger partial charge is 0.0685 e. The molecule has 0 amide bonds. The molecule has 0 aromatic rings. The van der Waals surface area contributed by atoms with Crippen molar-refractivity contribution in [1.82, 2.24) is 5.32 Å². The third kappa shape index (κ3) is 3.48. The number of hydrogen-bond acceptors (Lipinski definition) is 2. The van der Waals surface area contributed by atoms with E-state index in [9.17, 15) is 0 Å². The highest BCUT2D eigenvalue weighted by atomic mass is 16.5. The molecule has 2 fully saturated rings. The fourth-order valence-electron chi connectivity index (χ4n) is 4.01. The van der Waals surface area contributed by atoms with Crippen LogP contribution in [0.2, 0.25) is 0 Å². The van der Waals surface area contributed by atoms with E-state index in [1.165, 1.54) is 64.2 Å². The van der Waals surface area contributed by atoms with Crippen LogP contribution in [0.3, 0.4) is 0 Å².